The lowest BCUT2D eigenvalue weighted by molar-refractivity contribution is 0.0905. The van der Waals surface area contributed by atoms with E-state index >= 15 is 0 Å². The Morgan fingerprint density at radius 1 is 0.852 bits per heavy atom. The van der Waals surface area contributed by atoms with Crippen molar-refractivity contribution >= 4 is 33.3 Å². The Hall–Kier alpha value is -3.60. The summed E-state index contributed by atoms with van der Waals surface area (Å²) in [6.45, 7) is 1.77. The molecule has 1 unspecified atom stereocenters. The highest BCUT2D eigenvalue weighted by Crippen LogP contribution is 2.32. The predicted octanol–water partition coefficient (Wildman–Crippen LogP) is 3.97. The standard InChI is InChI=1S/C22H16N2O3/c1-22(23-18-9-5-4-8-15(18)20(25)24-22)17-12-16-14-7-3-2-6-13(14)10-11-19(16)27-21(17)26/h2-12,23H,1H3,(H,24,25). The minimum absolute atomic E-state index is 0.232. The van der Waals surface area contributed by atoms with Crippen LogP contribution in [0.3, 0.4) is 0 Å². The molecule has 2 heterocycles. The molecule has 5 rings (SSSR count). The number of nitrogens with one attached hydrogen (secondary N) is 2. The Morgan fingerprint density at radius 2 is 1.63 bits per heavy atom. The first-order valence-electron chi connectivity index (χ1n) is 8.71. The lowest BCUT2D eigenvalue weighted by Crippen LogP contribution is -2.54. The lowest BCUT2D eigenvalue weighted by Gasteiger charge is -2.37. The molecule has 0 spiro atoms. The second-order valence-electron chi connectivity index (χ2n) is 6.90. The smallest absolute Gasteiger partial charge is 0.343 e. The first-order chi connectivity index (χ1) is 13.0. The maximum atomic E-state index is 12.7. The number of benzene rings is 3. The number of hydrogen-bond donors (Lipinski definition) is 2. The summed E-state index contributed by atoms with van der Waals surface area (Å²) in [6.07, 6.45) is 0. The Labute approximate surface area is 154 Å². The largest absolute Gasteiger partial charge is 0.422 e. The number of rotatable bonds is 1. The Bertz CT molecular complexity index is 1290. The van der Waals surface area contributed by atoms with Gasteiger partial charge in [0.1, 0.15) is 11.2 Å². The predicted molar refractivity (Wildman–Crippen MR) is 105 cm³/mol. The second kappa shape index (κ2) is 5.45. The van der Waals surface area contributed by atoms with Gasteiger partial charge in [-0.2, -0.15) is 0 Å². The number of carbonyl (C=O) groups excluding carboxylic acids is 1. The molecule has 0 radical (unpaired) electrons. The highest BCUT2D eigenvalue weighted by atomic mass is 16.4. The summed E-state index contributed by atoms with van der Waals surface area (Å²) >= 11 is 0. The highest BCUT2D eigenvalue weighted by Gasteiger charge is 2.37. The molecule has 0 saturated carbocycles. The summed E-state index contributed by atoms with van der Waals surface area (Å²) in [5.74, 6) is -0.232. The van der Waals surface area contributed by atoms with Gasteiger partial charge in [0.05, 0.1) is 11.1 Å². The van der Waals surface area contributed by atoms with E-state index in [-0.39, 0.29) is 5.91 Å². The van der Waals surface area contributed by atoms with E-state index in [0.29, 0.717) is 22.4 Å². The van der Waals surface area contributed by atoms with Crippen LogP contribution in [-0.2, 0) is 5.66 Å². The molecule has 1 amide bonds. The molecule has 1 aliphatic heterocycles. The van der Waals surface area contributed by atoms with Gasteiger partial charge in [-0.05, 0) is 42.0 Å². The van der Waals surface area contributed by atoms with Crippen molar-refractivity contribution in [2.45, 2.75) is 12.6 Å². The van der Waals surface area contributed by atoms with Crippen LogP contribution in [-0.4, -0.2) is 5.91 Å². The molecule has 4 aromatic rings. The summed E-state index contributed by atoms with van der Waals surface area (Å²) in [7, 11) is 0. The number of para-hydroxylation sites is 1. The maximum Gasteiger partial charge on any atom is 0.343 e. The van der Waals surface area contributed by atoms with E-state index in [0.717, 1.165) is 16.2 Å². The molecule has 0 saturated heterocycles. The van der Waals surface area contributed by atoms with Crippen LogP contribution in [0.1, 0.15) is 22.8 Å². The van der Waals surface area contributed by atoms with Crippen LogP contribution in [0.25, 0.3) is 21.7 Å². The molecule has 0 fully saturated rings. The van der Waals surface area contributed by atoms with E-state index < -0.39 is 11.3 Å². The quantitative estimate of drug-likeness (QED) is 0.400. The summed E-state index contributed by atoms with van der Waals surface area (Å²) in [5, 5.41) is 9.07. The van der Waals surface area contributed by atoms with Crippen LogP contribution in [0.5, 0.6) is 0 Å². The normalized spacial score (nSPS) is 18.8. The van der Waals surface area contributed by atoms with Gasteiger partial charge in [0.15, 0.2) is 0 Å². The maximum absolute atomic E-state index is 12.7. The molecule has 0 bridgehead atoms. The van der Waals surface area contributed by atoms with Gasteiger partial charge in [-0.3, -0.25) is 4.79 Å². The fourth-order valence-electron chi connectivity index (χ4n) is 3.74. The lowest BCUT2D eigenvalue weighted by atomic mass is 9.95. The van der Waals surface area contributed by atoms with Crippen molar-refractivity contribution in [3.05, 3.63) is 88.3 Å². The molecule has 5 heteroatoms. The number of anilines is 1. The average Bonchev–Trinajstić information content (AvgIpc) is 2.67. The Balaban J connectivity index is 1.75. The van der Waals surface area contributed by atoms with E-state index in [2.05, 4.69) is 10.6 Å². The number of fused-ring (bicyclic) bond motifs is 4. The van der Waals surface area contributed by atoms with Crippen LogP contribution in [0, 0.1) is 0 Å². The fraction of sp³-hybridized carbons (Fsp3) is 0.0909. The summed E-state index contributed by atoms with van der Waals surface area (Å²) in [4.78, 5) is 25.3. The first kappa shape index (κ1) is 15.6. The molecular formula is C22H16N2O3. The van der Waals surface area contributed by atoms with Crippen molar-refractivity contribution in [2.75, 3.05) is 5.32 Å². The highest BCUT2D eigenvalue weighted by molar-refractivity contribution is 6.06. The Morgan fingerprint density at radius 3 is 2.52 bits per heavy atom. The van der Waals surface area contributed by atoms with Crippen molar-refractivity contribution in [2.24, 2.45) is 0 Å². The molecule has 1 aliphatic rings. The van der Waals surface area contributed by atoms with Crippen LogP contribution >= 0.6 is 0 Å². The van der Waals surface area contributed by atoms with E-state index in [1.807, 2.05) is 48.5 Å². The van der Waals surface area contributed by atoms with Gasteiger partial charge in [0.2, 0.25) is 0 Å². The summed E-state index contributed by atoms with van der Waals surface area (Å²) in [5.41, 5.74) is 0.555. The molecule has 3 aromatic carbocycles. The number of amides is 1. The van der Waals surface area contributed by atoms with Crippen molar-refractivity contribution in [1.82, 2.24) is 5.32 Å². The molecule has 1 aromatic heterocycles. The van der Waals surface area contributed by atoms with Crippen LogP contribution in [0.2, 0.25) is 0 Å². The third-order valence-electron chi connectivity index (χ3n) is 5.10. The van der Waals surface area contributed by atoms with Gasteiger partial charge in [-0.25, -0.2) is 4.79 Å². The van der Waals surface area contributed by atoms with Crippen molar-refractivity contribution in [1.29, 1.82) is 0 Å². The number of carbonyl (C=O) groups is 1. The molecule has 2 N–H and O–H groups in total. The van der Waals surface area contributed by atoms with Crippen LogP contribution in [0.4, 0.5) is 5.69 Å². The molecule has 1 atom stereocenters. The van der Waals surface area contributed by atoms with Gasteiger partial charge >= 0.3 is 5.63 Å². The molecule has 27 heavy (non-hydrogen) atoms. The van der Waals surface area contributed by atoms with Crippen LogP contribution in [0.15, 0.2) is 75.9 Å². The van der Waals surface area contributed by atoms with Crippen molar-refractivity contribution < 1.29 is 9.21 Å². The van der Waals surface area contributed by atoms with Gasteiger partial charge in [-0.15, -0.1) is 0 Å². The first-order valence-corrected chi connectivity index (χ1v) is 8.71. The van der Waals surface area contributed by atoms with Gasteiger partial charge in [-0.1, -0.05) is 42.5 Å². The zero-order valence-corrected chi connectivity index (χ0v) is 14.6. The minimum atomic E-state index is -1.07. The summed E-state index contributed by atoms with van der Waals surface area (Å²) in [6, 6.07) is 20.7. The van der Waals surface area contributed by atoms with Gasteiger partial charge < -0.3 is 15.1 Å². The second-order valence-corrected chi connectivity index (χ2v) is 6.90. The van der Waals surface area contributed by atoms with E-state index in [1.165, 1.54) is 0 Å². The minimum Gasteiger partial charge on any atom is -0.422 e. The zero-order chi connectivity index (χ0) is 18.6. The van der Waals surface area contributed by atoms with E-state index in [4.69, 9.17) is 4.42 Å². The van der Waals surface area contributed by atoms with E-state index in [1.54, 1.807) is 25.1 Å². The van der Waals surface area contributed by atoms with Gasteiger partial charge in [0.25, 0.3) is 5.91 Å². The zero-order valence-electron chi connectivity index (χ0n) is 14.6. The Kier molecular flexibility index (Phi) is 3.15. The monoisotopic (exact) mass is 356 g/mol. The van der Waals surface area contributed by atoms with Crippen LogP contribution < -0.4 is 16.3 Å². The van der Waals surface area contributed by atoms with E-state index in [9.17, 15) is 9.59 Å². The summed E-state index contributed by atoms with van der Waals surface area (Å²) < 4.78 is 5.60. The average molecular weight is 356 g/mol. The fourth-order valence-corrected chi connectivity index (χ4v) is 3.74. The SMILES string of the molecule is CC1(c2cc3c(ccc4ccccc43)oc2=O)NC(=O)c2ccccc2N1. The third-order valence-corrected chi connectivity index (χ3v) is 5.10. The topological polar surface area (TPSA) is 71.3 Å². The third kappa shape index (κ3) is 2.32. The molecule has 132 valence electrons. The van der Waals surface area contributed by atoms with Gasteiger partial charge in [0, 0.05) is 11.1 Å². The van der Waals surface area contributed by atoms with Crippen molar-refractivity contribution in [3.8, 4) is 0 Å². The number of hydrogen-bond acceptors (Lipinski definition) is 4. The molecule has 0 aliphatic carbocycles. The molecule has 5 nitrogen and oxygen atoms in total. The van der Waals surface area contributed by atoms with Crippen molar-refractivity contribution in [3.63, 3.8) is 0 Å². The molecular weight excluding hydrogens is 340 g/mol.